The summed E-state index contributed by atoms with van der Waals surface area (Å²) in [4.78, 5) is 41.3. The lowest BCUT2D eigenvalue weighted by Gasteiger charge is -2.08. The molecule has 0 spiro atoms. The minimum atomic E-state index is -0.609. The second-order valence-electron chi connectivity index (χ2n) is 6.12. The second-order valence-corrected chi connectivity index (χ2v) is 7.23. The highest BCUT2D eigenvalue weighted by molar-refractivity contribution is 7.17. The number of ether oxygens (including phenoxy) is 2. The fourth-order valence-corrected chi connectivity index (χ4v) is 4.31. The van der Waals surface area contributed by atoms with Crippen molar-refractivity contribution < 1.29 is 23.9 Å². The molecule has 2 aromatic heterocycles. The van der Waals surface area contributed by atoms with Gasteiger partial charge < -0.3 is 14.8 Å². The van der Waals surface area contributed by atoms with E-state index in [2.05, 4.69) is 10.3 Å². The van der Waals surface area contributed by atoms with E-state index in [1.165, 1.54) is 43.0 Å². The molecule has 2 heterocycles. The largest absolute Gasteiger partial charge is 0.465 e. The summed E-state index contributed by atoms with van der Waals surface area (Å²) in [6.07, 6.45) is 7.81. The van der Waals surface area contributed by atoms with Gasteiger partial charge in [0.25, 0.3) is 5.91 Å². The molecule has 0 saturated carbocycles. The van der Waals surface area contributed by atoms with E-state index in [1.807, 2.05) is 0 Å². The highest BCUT2D eigenvalue weighted by Crippen LogP contribution is 2.37. The molecule has 3 rings (SSSR count). The molecule has 142 valence electrons. The van der Waals surface area contributed by atoms with Crippen molar-refractivity contribution in [2.75, 3.05) is 19.0 Å². The van der Waals surface area contributed by atoms with Crippen molar-refractivity contribution in [3.8, 4) is 0 Å². The van der Waals surface area contributed by atoms with Gasteiger partial charge >= 0.3 is 11.9 Å². The number of rotatable bonds is 5. The van der Waals surface area contributed by atoms with Crippen LogP contribution >= 0.6 is 11.3 Å². The number of hydrogen-bond donors (Lipinski definition) is 1. The van der Waals surface area contributed by atoms with E-state index in [0.29, 0.717) is 16.1 Å². The Balaban J connectivity index is 1.70. The van der Waals surface area contributed by atoms with E-state index in [0.717, 1.165) is 42.5 Å². The third-order valence-electron chi connectivity index (χ3n) is 4.31. The van der Waals surface area contributed by atoms with Crippen LogP contribution in [-0.4, -0.2) is 36.5 Å². The summed E-state index contributed by atoms with van der Waals surface area (Å²) >= 11 is 1.40. The van der Waals surface area contributed by atoms with Gasteiger partial charge in [0.05, 0.1) is 18.2 Å². The van der Waals surface area contributed by atoms with Crippen molar-refractivity contribution in [1.82, 2.24) is 4.98 Å². The molecule has 0 fully saturated rings. The molecule has 1 aliphatic carbocycles. The number of carbonyl (C=O) groups excluding carboxylic acids is 3. The first kappa shape index (κ1) is 19.0. The van der Waals surface area contributed by atoms with Gasteiger partial charge in [-0.15, -0.1) is 11.3 Å². The molecular formula is C19H20N2O5S. The summed E-state index contributed by atoms with van der Waals surface area (Å²) in [5.74, 6) is -1.57. The summed E-state index contributed by atoms with van der Waals surface area (Å²) in [6.45, 7) is -0.440. The Kier molecular flexibility index (Phi) is 6.18. The highest BCUT2D eigenvalue weighted by Gasteiger charge is 2.26. The Hall–Kier alpha value is -2.74. The van der Waals surface area contributed by atoms with Crippen LogP contribution in [0.15, 0.2) is 24.5 Å². The van der Waals surface area contributed by atoms with Crippen molar-refractivity contribution in [2.24, 2.45) is 0 Å². The number of aryl methyl sites for hydroxylation is 1. The van der Waals surface area contributed by atoms with Crippen molar-refractivity contribution in [1.29, 1.82) is 0 Å². The number of carbonyl (C=O) groups is 3. The van der Waals surface area contributed by atoms with Crippen LogP contribution in [-0.2, 0) is 27.1 Å². The number of hydrogen-bond acceptors (Lipinski definition) is 7. The number of thiophene rings is 1. The maximum absolute atomic E-state index is 12.3. The average molecular weight is 388 g/mol. The number of anilines is 1. The molecule has 0 atom stereocenters. The maximum Gasteiger partial charge on any atom is 0.341 e. The first-order valence-electron chi connectivity index (χ1n) is 8.70. The number of methoxy groups -OCH3 is 1. The van der Waals surface area contributed by atoms with Gasteiger partial charge in [-0.1, -0.05) is 6.42 Å². The van der Waals surface area contributed by atoms with Crippen LogP contribution in [0.2, 0.25) is 0 Å². The van der Waals surface area contributed by atoms with Gasteiger partial charge in [-0.2, -0.15) is 0 Å². The van der Waals surface area contributed by atoms with Gasteiger partial charge in [0, 0.05) is 17.3 Å². The van der Waals surface area contributed by atoms with Crippen LogP contribution < -0.4 is 5.32 Å². The summed E-state index contributed by atoms with van der Waals surface area (Å²) in [5, 5.41) is 3.16. The Morgan fingerprint density at radius 2 is 1.85 bits per heavy atom. The lowest BCUT2D eigenvalue weighted by Crippen LogP contribution is -2.21. The zero-order valence-electron chi connectivity index (χ0n) is 14.9. The third-order valence-corrected chi connectivity index (χ3v) is 5.52. The zero-order valence-corrected chi connectivity index (χ0v) is 15.8. The second kappa shape index (κ2) is 8.77. The predicted molar refractivity (Wildman–Crippen MR) is 100 cm³/mol. The van der Waals surface area contributed by atoms with Gasteiger partial charge in [-0.3, -0.25) is 9.78 Å². The van der Waals surface area contributed by atoms with E-state index in [4.69, 9.17) is 9.47 Å². The number of esters is 2. The summed E-state index contributed by atoms with van der Waals surface area (Å²) in [6, 6.07) is 3.01. The minimum Gasteiger partial charge on any atom is -0.465 e. The van der Waals surface area contributed by atoms with Gasteiger partial charge in [-0.25, -0.2) is 9.59 Å². The number of pyridine rings is 1. The van der Waals surface area contributed by atoms with Gasteiger partial charge in [0.1, 0.15) is 5.00 Å². The van der Waals surface area contributed by atoms with Gasteiger partial charge in [0.2, 0.25) is 0 Å². The van der Waals surface area contributed by atoms with Crippen LogP contribution in [0.1, 0.15) is 50.4 Å². The molecule has 0 radical (unpaired) electrons. The van der Waals surface area contributed by atoms with E-state index in [-0.39, 0.29) is 0 Å². The summed E-state index contributed by atoms with van der Waals surface area (Å²) in [5.41, 5.74) is 1.71. The van der Waals surface area contributed by atoms with Gasteiger partial charge in [-0.05, 0) is 43.4 Å². The quantitative estimate of drug-likeness (QED) is 0.625. The smallest absolute Gasteiger partial charge is 0.341 e. The predicted octanol–water partition coefficient (Wildman–Crippen LogP) is 2.99. The highest BCUT2D eigenvalue weighted by atomic mass is 32.1. The van der Waals surface area contributed by atoms with Crippen LogP contribution in [0.25, 0.3) is 0 Å². The molecule has 1 aliphatic rings. The zero-order chi connectivity index (χ0) is 19.2. The Morgan fingerprint density at radius 1 is 1.11 bits per heavy atom. The molecule has 7 nitrogen and oxygen atoms in total. The van der Waals surface area contributed by atoms with Crippen molar-refractivity contribution in [2.45, 2.75) is 32.1 Å². The van der Waals surface area contributed by atoms with E-state index in [9.17, 15) is 14.4 Å². The van der Waals surface area contributed by atoms with Crippen LogP contribution in [0.5, 0.6) is 0 Å². The lowest BCUT2D eigenvalue weighted by atomic mass is 10.1. The molecule has 8 heteroatoms. The fraction of sp³-hybridized carbons (Fsp3) is 0.368. The first-order chi connectivity index (χ1) is 13.1. The van der Waals surface area contributed by atoms with Gasteiger partial charge in [0.15, 0.2) is 6.61 Å². The SMILES string of the molecule is COC(=O)c1c(NC(=O)COC(=O)c2ccncc2)sc2c1CCCCC2. The molecule has 0 aliphatic heterocycles. The molecule has 2 aromatic rings. The number of nitrogens with zero attached hydrogens (tertiary/aromatic N) is 1. The maximum atomic E-state index is 12.3. The third kappa shape index (κ3) is 4.51. The molecule has 27 heavy (non-hydrogen) atoms. The van der Waals surface area contributed by atoms with E-state index in [1.54, 1.807) is 0 Å². The molecule has 0 aromatic carbocycles. The summed E-state index contributed by atoms with van der Waals surface area (Å²) < 4.78 is 9.93. The lowest BCUT2D eigenvalue weighted by molar-refractivity contribution is -0.119. The Labute approximate surface area is 160 Å². The van der Waals surface area contributed by atoms with Crippen molar-refractivity contribution in [3.63, 3.8) is 0 Å². The molecule has 0 unspecified atom stereocenters. The topological polar surface area (TPSA) is 94.6 Å². The molecule has 0 bridgehead atoms. The monoisotopic (exact) mass is 388 g/mol. The van der Waals surface area contributed by atoms with Crippen LogP contribution in [0, 0.1) is 0 Å². The molecular weight excluding hydrogens is 368 g/mol. The Morgan fingerprint density at radius 3 is 2.59 bits per heavy atom. The molecule has 0 saturated heterocycles. The van der Waals surface area contributed by atoms with Crippen LogP contribution in [0.3, 0.4) is 0 Å². The number of aromatic nitrogens is 1. The normalized spacial score (nSPS) is 13.2. The van der Waals surface area contributed by atoms with E-state index >= 15 is 0 Å². The molecule has 1 amide bonds. The van der Waals surface area contributed by atoms with Crippen molar-refractivity contribution in [3.05, 3.63) is 46.1 Å². The number of fused-ring (bicyclic) bond motifs is 1. The van der Waals surface area contributed by atoms with E-state index < -0.39 is 24.5 Å². The molecule has 1 N–H and O–H groups in total. The number of nitrogens with one attached hydrogen (secondary N) is 1. The fourth-order valence-electron chi connectivity index (χ4n) is 3.01. The summed E-state index contributed by atoms with van der Waals surface area (Å²) in [7, 11) is 1.32. The minimum absolute atomic E-state index is 0.316. The first-order valence-corrected chi connectivity index (χ1v) is 9.51. The van der Waals surface area contributed by atoms with Crippen LogP contribution in [0.4, 0.5) is 5.00 Å². The average Bonchev–Trinajstić information content (AvgIpc) is 2.86. The number of amides is 1. The Bertz CT molecular complexity index is 847. The standard InChI is InChI=1S/C19H20N2O5S/c1-25-19(24)16-13-5-3-2-4-6-14(13)27-17(16)21-15(22)11-26-18(23)12-7-9-20-10-8-12/h7-10H,2-6,11H2,1H3,(H,21,22). The van der Waals surface area contributed by atoms with Crippen molar-refractivity contribution >= 4 is 34.2 Å².